The minimum Gasteiger partial charge on any atom is -0.478 e. The van der Waals surface area contributed by atoms with Gasteiger partial charge in [0.15, 0.2) is 0 Å². The van der Waals surface area contributed by atoms with Crippen molar-refractivity contribution in [3.8, 4) is 0 Å². The van der Waals surface area contributed by atoms with Crippen LogP contribution in [0.15, 0.2) is 24.3 Å². The van der Waals surface area contributed by atoms with Crippen molar-refractivity contribution in [2.24, 2.45) is 0 Å². The number of halogens is 1. The lowest BCUT2D eigenvalue weighted by Gasteiger charge is -2.06. The van der Waals surface area contributed by atoms with E-state index in [2.05, 4.69) is 4.98 Å². The molecule has 0 atom stereocenters. The van der Waals surface area contributed by atoms with Crippen molar-refractivity contribution >= 4 is 28.5 Å². The second-order valence-corrected chi connectivity index (χ2v) is 3.86. The molecule has 0 aliphatic heterocycles. The summed E-state index contributed by atoms with van der Waals surface area (Å²) in [7, 11) is 0. The van der Waals surface area contributed by atoms with Gasteiger partial charge in [-0.25, -0.2) is 4.79 Å². The van der Waals surface area contributed by atoms with Gasteiger partial charge in [0.1, 0.15) is 0 Å². The molecule has 0 saturated heterocycles. The Balaban J connectivity index is 2.87. The first-order valence-electron chi connectivity index (χ1n) is 4.95. The molecule has 1 heterocycles. The molecule has 0 fully saturated rings. The number of fused-ring (bicyclic) bond motifs is 1. The normalized spacial score (nSPS) is 10.6. The molecule has 1 aromatic heterocycles. The van der Waals surface area contributed by atoms with Gasteiger partial charge in [0.25, 0.3) is 0 Å². The van der Waals surface area contributed by atoms with Gasteiger partial charge < -0.3 is 5.11 Å². The fourth-order valence-corrected chi connectivity index (χ4v) is 1.84. The SMILES string of the molecule is CCc1cc(C(=O)O)c2cccc(Cl)c2n1. The maximum absolute atomic E-state index is 11.1. The van der Waals surface area contributed by atoms with Gasteiger partial charge in [0.2, 0.25) is 0 Å². The molecular formula is C12H10ClNO2. The molecule has 0 saturated carbocycles. The van der Waals surface area contributed by atoms with E-state index >= 15 is 0 Å². The lowest BCUT2D eigenvalue weighted by molar-refractivity contribution is 0.0699. The highest BCUT2D eigenvalue weighted by Gasteiger charge is 2.12. The van der Waals surface area contributed by atoms with E-state index in [0.29, 0.717) is 22.3 Å². The monoisotopic (exact) mass is 235 g/mol. The Morgan fingerprint density at radius 1 is 1.50 bits per heavy atom. The molecule has 0 unspecified atom stereocenters. The quantitative estimate of drug-likeness (QED) is 0.870. The van der Waals surface area contributed by atoms with Crippen molar-refractivity contribution in [2.75, 3.05) is 0 Å². The van der Waals surface area contributed by atoms with Gasteiger partial charge in [-0.15, -0.1) is 0 Å². The Labute approximate surface area is 97.7 Å². The maximum atomic E-state index is 11.1. The Morgan fingerprint density at radius 2 is 2.25 bits per heavy atom. The van der Waals surface area contributed by atoms with Crippen LogP contribution in [0, 0.1) is 0 Å². The molecule has 0 amide bonds. The standard InChI is InChI=1S/C12H10ClNO2/c1-2-7-6-9(12(15)16)8-4-3-5-10(13)11(8)14-7/h3-6H,2H2,1H3,(H,15,16). The van der Waals surface area contributed by atoms with Crippen molar-refractivity contribution in [1.29, 1.82) is 0 Å². The fraction of sp³-hybridized carbons (Fsp3) is 0.167. The Kier molecular flexibility index (Phi) is 2.79. The number of aromatic carboxylic acids is 1. The van der Waals surface area contributed by atoms with E-state index in [0.717, 1.165) is 5.69 Å². The van der Waals surface area contributed by atoms with Crippen molar-refractivity contribution in [2.45, 2.75) is 13.3 Å². The van der Waals surface area contributed by atoms with Gasteiger partial charge in [-0.2, -0.15) is 0 Å². The van der Waals surface area contributed by atoms with Crippen LogP contribution in [0.4, 0.5) is 0 Å². The average molecular weight is 236 g/mol. The van der Waals surface area contributed by atoms with E-state index in [1.54, 1.807) is 24.3 Å². The predicted octanol–water partition coefficient (Wildman–Crippen LogP) is 3.15. The molecule has 1 N–H and O–H groups in total. The van der Waals surface area contributed by atoms with Crippen LogP contribution in [-0.4, -0.2) is 16.1 Å². The number of nitrogens with zero attached hydrogens (tertiary/aromatic N) is 1. The van der Waals surface area contributed by atoms with Crippen LogP contribution in [0.2, 0.25) is 5.02 Å². The lowest BCUT2D eigenvalue weighted by atomic mass is 10.1. The van der Waals surface area contributed by atoms with Crippen molar-refractivity contribution < 1.29 is 9.90 Å². The summed E-state index contributed by atoms with van der Waals surface area (Å²) < 4.78 is 0. The second kappa shape index (κ2) is 4.10. The van der Waals surface area contributed by atoms with Crippen LogP contribution in [0.25, 0.3) is 10.9 Å². The summed E-state index contributed by atoms with van der Waals surface area (Å²) in [4.78, 5) is 15.5. The third-order valence-electron chi connectivity index (χ3n) is 2.44. The minimum absolute atomic E-state index is 0.254. The van der Waals surface area contributed by atoms with Crippen molar-refractivity contribution in [3.63, 3.8) is 0 Å². The number of hydrogen-bond donors (Lipinski definition) is 1. The average Bonchev–Trinajstić information content (AvgIpc) is 2.28. The van der Waals surface area contributed by atoms with Crippen LogP contribution in [0.5, 0.6) is 0 Å². The number of aryl methyl sites for hydroxylation is 1. The molecule has 0 bridgehead atoms. The number of carboxylic acid groups (broad SMARTS) is 1. The van der Waals surface area contributed by atoms with E-state index in [-0.39, 0.29) is 5.56 Å². The molecular weight excluding hydrogens is 226 g/mol. The minimum atomic E-state index is -0.954. The highest BCUT2D eigenvalue weighted by atomic mass is 35.5. The van der Waals surface area contributed by atoms with Gasteiger partial charge in [-0.3, -0.25) is 4.98 Å². The van der Waals surface area contributed by atoms with E-state index in [1.165, 1.54) is 0 Å². The van der Waals surface area contributed by atoms with Gasteiger partial charge in [-0.1, -0.05) is 30.7 Å². The highest BCUT2D eigenvalue weighted by molar-refractivity contribution is 6.35. The molecule has 16 heavy (non-hydrogen) atoms. The molecule has 4 heteroatoms. The molecule has 0 radical (unpaired) electrons. The van der Waals surface area contributed by atoms with E-state index in [4.69, 9.17) is 16.7 Å². The number of rotatable bonds is 2. The summed E-state index contributed by atoms with van der Waals surface area (Å²) in [5, 5.41) is 10.2. The number of carbonyl (C=O) groups is 1. The van der Waals surface area contributed by atoms with Crippen LogP contribution < -0.4 is 0 Å². The zero-order chi connectivity index (χ0) is 11.7. The third-order valence-corrected chi connectivity index (χ3v) is 2.74. The van der Waals surface area contributed by atoms with Gasteiger partial charge >= 0.3 is 5.97 Å². The first-order chi connectivity index (χ1) is 7.63. The summed E-state index contributed by atoms with van der Waals surface area (Å²) in [5.41, 5.74) is 1.54. The number of para-hydroxylation sites is 1. The largest absolute Gasteiger partial charge is 0.478 e. The molecule has 2 rings (SSSR count). The number of pyridine rings is 1. The first kappa shape index (κ1) is 10.9. The Morgan fingerprint density at radius 3 is 2.88 bits per heavy atom. The summed E-state index contributed by atoms with van der Waals surface area (Å²) in [6.45, 7) is 1.93. The van der Waals surface area contributed by atoms with Crippen LogP contribution in [0.1, 0.15) is 23.0 Å². The number of carboxylic acids is 1. The molecule has 2 aromatic rings. The zero-order valence-electron chi connectivity index (χ0n) is 8.70. The highest BCUT2D eigenvalue weighted by Crippen LogP contribution is 2.25. The summed E-state index contributed by atoms with van der Waals surface area (Å²) in [6, 6.07) is 6.75. The molecule has 82 valence electrons. The molecule has 0 aliphatic carbocycles. The molecule has 0 aliphatic rings. The molecule has 0 spiro atoms. The van der Waals surface area contributed by atoms with Crippen molar-refractivity contribution in [3.05, 3.63) is 40.5 Å². The van der Waals surface area contributed by atoms with Gasteiger partial charge in [-0.05, 0) is 18.6 Å². The summed E-state index contributed by atoms with van der Waals surface area (Å²) in [5.74, 6) is -0.954. The first-order valence-corrected chi connectivity index (χ1v) is 5.32. The topological polar surface area (TPSA) is 50.2 Å². The smallest absolute Gasteiger partial charge is 0.336 e. The fourth-order valence-electron chi connectivity index (χ4n) is 1.62. The maximum Gasteiger partial charge on any atom is 0.336 e. The molecule has 3 nitrogen and oxygen atoms in total. The van der Waals surface area contributed by atoms with Gasteiger partial charge in [0.05, 0.1) is 16.1 Å². The van der Waals surface area contributed by atoms with Crippen LogP contribution >= 0.6 is 11.6 Å². The van der Waals surface area contributed by atoms with Crippen molar-refractivity contribution in [1.82, 2.24) is 4.98 Å². The number of benzene rings is 1. The number of aromatic nitrogens is 1. The van der Waals surface area contributed by atoms with Crippen LogP contribution in [0.3, 0.4) is 0 Å². The third kappa shape index (κ3) is 1.74. The summed E-state index contributed by atoms with van der Waals surface area (Å²) in [6.07, 6.45) is 0.682. The lowest BCUT2D eigenvalue weighted by Crippen LogP contribution is -2.01. The molecule has 1 aromatic carbocycles. The summed E-state index contributed by atoms with van der Waals surface area (Å²) >= 11 is 6.01. The Bertz CT molecular complexity index is 566. The van der Waals surface area contributed by atoms with Crippen LogP contribution in [-0.2, 0) is 6.42 Å². The van der Waals surface area contributed by atoms with Gasteiger partial charge in [0, 0.05) is 11.1 Å². The number of hydrogen-bond acceptors (Lipinski definition) is 2. The second-order valence-electron chi connectivity index (χ2n) is 3.46. The Hall–Kier alpha value is -1.61. The van der Waals surface area contributed by atoms with E-state index in [9.17, 15) is 4.79 Å². The van der Waals surface area contributed by atoms with E-state index < -0.39 is 5.97 Å². The predicted molar refractivity (Wildman–Crippen MR) is 63.1 cm³/mol. The van der Waals surface area contributed by atoms with E-state index in [1.807, 2.05) is 6.92 Å². The zero-order valence-corrected chi connectivity index (χ0v) is 9.45.